The average Bonchev–Trinajstić information content (AvgIpc) is 4.05. The Labute approximate surface area is 385 Å². The third-order valence-electron chi connectivity index (χ3n) is 11.4. The third-order valence-corrected chi connectivity index (χ3v) is 12.1. The third kappa shape index (κ3) is 13.1. The molecule has 0 fully saturated rings. The van der Waals surface area contributed by atoms with Crippen molar-refractivity contribution in [2.75, 3.05) is 13.2 Å². The first-order valence-corrected chi connectivity index (χ1v) is 23.8. The first-order chi connectivity index (χ1) is 31.4. The summed E-state index contributed by atoms with van der Waals surface area (Å²) in [5, 5.41) is 17.9. The van der Waals surface area contributed by atoms with Crippen molar-refractivity contribution in [1.29, 1.82) is 0 Å². The zero-order valence-corrected chi connectivity index (χ0v) is 39.0. The number of alkyl halides is 1. The van der Waals surface area contributed by atoms with E-state index in [2.05, 4.69) is 64.0 Å². The van der Waals surface area contributed by atoms with Gasteiger partial charge < -0.3 is 27.8 Å². The van der Waals surface area contributed by atoms with Crippen LogP contribution >= 0.6 is 15.9 Å². The summed E-state index contributed by atoms with van der Waals surface area (Å²) >= 11 is 3.60. The Bertz CT molecular complexity index is 2280. The van der Waals surface area contributed by atoms with Gasteiger partial charge in [0.15, 0.2) is 0 Å². The molecule has 64 heavy (non-hydrogen) atoms. The van der Waals surface area contributed by atoms with Crippen LogP contribution in [-0.4, -0.2) is 33.6 Å². The van der Waals surface area contributed by atoms with Gasteiger partial charge in [-0.3, -0.25) is 0 Å². The molecule has 5 aromatic carbocycles. The normalized spacial score (nSPS) is 12.2. The number of unbranched alkanes of at least 4 members (excludes halogenated alkanes) is 2. The molecule has 0 aliphatic carbocycles. The highest BCUT2D eigenvalue weighted by molar-refractivity contribution is 9.08. The predicted molar refractivity (Wildman–Crippen MR) is 256 cm³/mol. The summed E-state index contributed by atoms with van der Waals surface area (Å²) in [6.45, 7) is 11.1. The summed E-state index contributed by atoms with van der Waals surface area (Å²) in [5.74, 6) is 6.11. The predicted octanol–water partition coefficient (Wildman–Crippen LogP) is 14.4. The number of rotatable bonds is 25. The quantitative estimate of drug-likeness (QED) is 0.0513. The molecule has 0 bridgehead atoms. The second-order valence-electron chi connectivity index (χ2n) is 16.2. The molecule has 0 amide bonds. The van der Waals surface area contributed by atoms with Crippen molar-refractivity contribution in [2.45, 2.75) is 97.6 Å². The molecule has 0 N–H and O–H groups in total. The van der Waals surface area contributed by atoms with Gasteiger partial charge >= 0.3 is 0 Å². The van der Waals surface area contributed by atoms with E-state index in [0.29, 0.717) is 65.4 Å². The molecule has 2 unspecified atom stereocenters. The van der Waals surface area contributed by atoms with E-state index in [0.717, 1.165) is 76.5 Å². The summed E-state index contributed by atoms with van der Waals surface area (Å²) in [4.78, 5) is 0. The first kappa shape index (κ1) is 46.1. The molecule has 0 saturated heterocycles. The van der Waals surface area contributed by atoms with Crippen molar-refractivity contribution in [3.8, 4) is 68.8 Å². The summed E-state index contributed by atoms with van der Waals surface area (Å²) in [6.07, 6.45) is 9.53. The number of hydrogen-bond acceptors (Lipinski definition) is 10. The summed E-state index contributed by atoms with van der Waals surface area (Å²) in [7, 11) is 0. The second kappa shape index (κ2) is 23.7. The van der Waals surface area contributed by atoms with Crippen LogP contribution in [0.4, 0.5) is 0 Å². The van der Waals surface area contributed by atoms with E-state index in [-0.39, 0.29) is 0 Å². The largest absolute Gasteiger partial charge is 0.493 e. The fourth-order valence-electron chi connectivity index (χ4n) is 7.22. The molecule has 10 nitrogen and oxygen atoms in total. The molecular formula is C53H59BrN4O6. The van der Waals surface area contributed by atoms with Crippen molar-refractivity contribution in [2.24, 2.45) is 11.8 Å². The second-order valence-corrected chi connectivity index (χ2v) is 16.8. The number of nitrogens with zero attached hydrogens (tertiary/aromatic N) is 4. The van der Waals surface area contributed by atoms with Gasteiger partial charge in [-0.05, 0) is 126 Å². The lowest BCUT2D eigenvalue weighted by atomic mass is 10.0. The lowest BCUT2D eigenvalue weighted by Gasteiger charge is -2.15. The Morgan fingerprint density at radius 3 is 1.12 bits per heavy atom. The van der Waals surface area contributed by atoms with Crippen molar-refractivity contribution < 1.29 is 27.8 Å². The summed E-state index contributed by atoms with van der Waals surface area (Å²) < 4.78 is 36.8. The molecule has 11 heteroatoms. The van der Waals surface area contributed by atoms with Gasteiger partial charge in [-0.25, -0.2) is 0 Å². The minimum atomic E-state index is 0.379. The van der Waals surface area contributed by atoms with Gasteiger partial charge in [0.2, 0.25) is 23.6 Å². The highest BCUT2D eigenvalue weighted by Gasteiger charge is 2.15. The maximum absolute atomic E-state index is 6.25. The lowest BCUT2D eigenvalue weighted by molar-refractivity contribution is 0.233. The van der Waals surface area contributed by atoms with Crippen LogP contribution in [-0.2, 0) is 18.5 Å². The van der Waals surface area contributed by atoms with Gasteiger partial charge in [0.25, 0.3) is 0 Å². The van der Waals surface area contributed by atoms with Crippen molar-refractivity contribution >= 4 is 15.9 Å². The van der Waals surface area contributed by atoms with Crippen LogP contribution in [0.1, 0.15) is 95.8 Å². The number of aromatic nitrogens is 4. The number of ether oxygens (including phenoxy) is 4. The molecule has 0 aliphatic rings. The van der Waals surface area contributed by atoms with Gasteiger partial charge in [-0.1, -0.05) is 106 Å². The SMILES string of the molecule is CCCCC(CC)COc1ccc(-c2nnc(-c3ccc(COc4cc(CBr)cc(OCc5ccc(-c6nnc(-c7ccc(OCC(CC)CCCC)cc7)o6)cc5)c4)cc3)o2)cc1. The molecule has 0 aliphatic heterocycles. The van der Waals surface area contributed by atoms with E-state index >= 15 is 0 Å². The van der Waals surface area contributed by atoms with Crippen LogP contribution in [0, 0.1) is 11.8 Å². The average molecular weight is 928 g/mol. The molecule has 2 aromatic heterocycles. The summed E-state index contributed by atoms with van der Waals surface area (Å²) in [5.41, 5.74) is 6.40. The smallest absolute Gasteiger partial charge is 0.248 e. The van der Waals surface area contributed by atoms with E-state index < -0.39 is 0 Å². The monoisotopic (exact) mass is 926 g/mol. The molecule has 2 atom stereocenters. The number of halogens is 1. The number of hydrogen-bond donors (Lipinski definition) is 0. The van der Waals surface area contributed by atoms with Crippen LogP contribution < -0.4 is 18.9 Å². The molecule has 7 rings (SSSR count). The Kier molecular flexibility index (Phi) is 17.0. The minimum absolute atomic E-state index is 0.379. The molecule has 0 saturated carbocycles. The minimum Gasteiger partial charge on any atom is -0.493 e. The van der Waals surface area contributed by atoms with Crippen LogP contribution in [0.3, 0.4) is 0 Å². The number of benzene rings is 5. The van der Waals surface area contributed by atoms with Crippen molar-refractivity contribution in [1.82, 2.24) is 20.4 Å². The molecule has 0 spiro atoms. The van der Waals surface area contributed by atoms with E-state index in [9.17, 15) is 0 Å². The van der Waals surface area contributed by atoms with Crippen LogP contribution in [0.15, 0.2) is 124 Å². The van der Waals surface area contributed by atoms with Crippen LogP contribution in [0.25, 0.3) is 45.8 Å². The van der Waals surface area contributed by atoms with Crippen LogP contribution in [0.5, 0.6) is 23.0 Å². The fraction of sp³-hybridized carbons (Fsp3) is 0.358. The van der Waals surface area contributed by atoms with Gasteiger partial charge in [0, 0.05) is 33.7 Å². The van der Waals surface area contributed by atoms with Crippen LogP contribution in [0.2, 0.25) is 0 Å². The molecule has 334 valence electrons. The highest BCUT2D eigenvalue weighted by atomic mass is 79.9. The van der Waals surface area contributed by atoms with E-state index in [4.69, 9.17) is 27.8 Å². The van der Waals surface area contributed by atoms with Crippen molar-refractivity contribution in [3.05, 3.63) is 132 Å². The molecular weight excluding hydrogens is 869 g/mol. The lowest BCUT2D eigenvalue weighted by Crippen LogP contribution is -2.11. The fourth-order valence-corrected chi connectivity index (χ4v) is 7.54. The van der Waals surface area contributed by atoms with Gasteiger partial charge in [0.05, 0.1) is 13.2 Å². The molecule has 7 aromatic rings. The molecule has 0 radical (unpaired) electrons. The maximum Gasteiger partial charge on any atom is 0.248 e. The summed E-state index contributed by atoms with van der Waals surface area (Å²) in [6, 6.07) is 37.5. The highest BCUT2D eigenvalue weighted by Crippen LogP contribution is 2.30. The van der Waals surface area contributed by atoms with E-state index in [1.807, 2.05) is 115 Å². The van der Waals surface area contributed by atoms with Gasteiger partial charge in [-0.15, -0.1) is 20.4 Å². The maximum atomic E-state index is 6.25. The molecule has 2 heterocycles. The van der Waals surface area contributed by atoms with E-state index in [1.165, 1.54) is 38.5 Å². The Morgan fingerprint density at radius 1 is 0.438 bits per heavy atom. The van der Waals surface area contributed by atoms with E-state index in [1.54, 1.807) is 0 Å². The first-order valence-electron chi connectivity index (χ1n) is 22.7. The Balaban J connectivity index is 0.885. The standard InChI is InChI=1S/C53H59BrN4O6/c1-5-9-11-37(7-3)33-59-46-25-21-44(22-26-46)52-57-55-50(63-52)42-17-13-39(14-18-42)35-61-48-29-41(32-54)30-49(31-48)62-36-40-15-19-43(20-16-40)51-56-58-53(64-51)45-23-27-47(28-24-45)60-34-38(8-4)12-10-6-2/h13-31,37-38H,5-12,32-36H2,1-4H3. The zero-order valence-electron chi connectivity index (χ0n) is 37.4. The van der Waals surface area contributed by atoms with Gasteiger partial charge in [0.1, 0.15) is 36.2 Å². The Morgan fingerprint density at radius 2 is 0.797 bits per heavy atom. The van der Waals surface area contributed by atoms with Crippen molar-refractivity contribution in [3.63, 3.8) is 0 Å². The zero-order chi connectivity index (χ0) is 44.5. The Hall–Kier alpha value is -5.94. The van der Waals surface area contributed by atoms with Gasteiger partial charge in [-0.2, -0.15) is 0 Å². The topological polar surface area (TPSA) is 115 Å².